The number of nitrogens with one attached hydrogen (secondary N) is 1. The van der Waals surface area contributed by atoms with Gasteiger partial charge in [0.05, 0.1) is 11.2 Å². The van der Waals surface area contributed by atoms with E-state index in [1.165, 1.54) is 5.56 Å². The van der Waals surface area contributed by atoms with E-state index in [2.05, 4.69) is 46.7 Å². The minimum absolute atomic E-state index is 0.460. The quantitative estimate of drug-likeness (QED) is 0.508. The first-order chi connectivity index (χ1) is 12.9. The van der Waals surface area contributed by atoms with Gasteiger partial charge >= 0.3 is 0 Å². The topological polar surface area (TPSA) is 34.1 Å². The number of aromatic nitrogens is 1. The van der Waals surface area contributed by atoms with Crippen LogP contribution in [0.1, 0.15) is 11.3 Å². The number of nitrogens with zero attached hydrogens (tertiary/aromatic N) is 1. The number of ether oxygens (including phenoxy) is 1. The SMILES string of the molecule is c1ccc(CNc2ccc(OCc3ccc4ccccc4n3)cc2)cc1. The molecule has 3 heteroatoms. The standard InChI is InChI=1S/C23H20N2O/c1-2-6-18(7-3-1)16-24-20-12-14-22(15-13-20)26-17-21-11-10-19-8-4-5-9-23(19)25-21/h1-15,24H,16-17H2. The second kappa shape index (κ2) is 7.70. The summed E-state index contributed by atoms with van der Waals surface area (Å²) >= 11 is 0. The molecule has 4 rings (SSSR count). The summed E-state index contributed by atoms with van der Waals surface area (Å²) in [7, 11) is 0. The fourth-order valence-electron chi connectivity index (χ4n) is 2.81. The van der Waals surface area contributed by atoms with Gasteiger partial charge in [-0.25, -0.2) is 4.98 Å². The van der Waals surface area contributed by atoms with Crippen LogP contribution in [-0.4, -0.2) is 4.98 Å². The molecular weight excluding hydrogens is 320 g/mol. The van der Waals surface area contributed by atoms with Crippen LogP contribution < -0.4 is 10.1 Å². The van der Waals surface area contributed by atoms with Gasteiger partial charge in [-0.15, -0.1) is 0 Å². The average Bonchev–Trinajstić information content (AvgIpc) is 2.72. The van der Waals surface area contributed by atoms with E-state index in [4.69, 9.17) is 4.74 Å². The molecule has 3 aromatic carbocycles. The summed E-state index contributed by atoms with van der Waals surface area (Å²) in [4.78, 5) is 4.63. The number of rotatable bonds is 6. The van der Waals surface area contributed by atoms with Crippen molar-refractivity contribution < 1.29 is 4.74 Å². The zero-order valence-corrected chi connectivity index (χ0v) is 14.4. The van der Waals surface area contributed by atoms with E-state index >= 15 is 0 Å². The highest BCUT2D eigenvalue weighted by atomic mass is 16.5. The minimum atomic E-state index is 0.460. The monoisotopic (exact) mass is 340 g/mol. The largest absolute Gasteiger partial charge is 0.487 e. The lowest BCUT2D eigenvalue weighted by molar-refractivity contribution is 0.302. The molecule has 0 amide bonds. The van der Waals surface area contributed by atoms with E-state index in [9.17, 15) is 0 Å². The summed E-state index contributed by atoms with van der Waals surface area (Å²) < 4.78 is 5.87. The van der Waals surface area contributed by atoms with Gasteiger partial charge < -0.3 is 10.1 Å². The summed E-state index contributed by atoms with van der Waals surface area (Å²) in [6.07, 6.45) is 0. The molecule has 0 spiro atoms. The summed E-state index contributed by atoms with van der Waals surface area (Å²) in [5.41, 5.74) is 4.25. The van der Waals surface area contributed by atoms with E-state index in [-0.39, 0.29) is 0 Å². The molecule has 0 aliphatic rings. The molecule has 1 heterocycles. The van der Waals surface area contributed by atoms with Gasteiger partial charge in [0.25, 0.3) is 0 Å². The first-order valence-corrected chi connectivity index (χ1v) is 8.72. The maximum atomic E-state index is 5.87. The fraction of sp³-hybridized carbons (Fsp3) is 0.0870. The third-order valence-corrected chi connectivity index (χ3v) is 4.24. The van der Waals surface area contributed by atoms with Crippen molar-refractivity contribution >= 4 is 16.6 Å². The molecule has 0 aliphatic carbocycles. The normalized spacial score (nSPS) is 10.6. The molecule has 0 bridgehead atoms. The Kier molecular flexibility index (Phi) is 4.79. The Morgan fingerprint density at radius 3 is 2.35 bits per heavy atom. The molecule has 1 N–H and O–H groups in total. The predicted octanol–water partition coefficient (Wildman–Crippen LogP) is 5.43. The summed E-state index contributed by atoms with van der Waals surface area (Å²) in [6.45, 7) is 1.27. The lowest BCUT2D eigenvalue weighted by atomic mass is 10.2. The van der Waals surface area contributed by atoms with Crippen molar-refractivity contribution in [2.45, 2.75) is 13.2 Å². The van der Waals surface area contributed by atoms with Gasteiger partial charge in [0, 0.05) is 17.6 Å². The number of hydrogen-bond donors (Lipinski definition) is 1. The van der Waals surface area contributed by atoms with Gasteiger partial charge in [-0.1, -0.05) is 54.6 Å². The smallest absolute Gasteiger partial charge is 0.130 e. The summed E-state index contributed by atoms with van der Waals surface area (Å²) in [5.74, 6) is 0.838. The third-order valence-electron chi connectivity index (χ3n) is 4.24. The molecule has 0 aliphatic heterocycles. The zero-order valence-electron chi connectivity index (χ0n) is 14.4. The van der Waals surface area contributed by atoms with E-state index in [0.29, 0.717) is 6.61 Å². The molecule has 128 valence electrons. The maximum absolute atomic E-state index is 5.87. The number of benzene rings is 3. The van der Waals surface area contributed by atoms with Gasteiger partial charge in [-0.3, -0.25) is 0 Å². The zero-order chi connectivity index (χ0) is 17.6. The average molecular weight is 340 g/mol. The van der Waals surface area contributed by atoms with Gasteiger partial charge in [-0.2, -0.15) is 0 Å². The molecule has 0 unspecified atom stereocenters. The highest BCUT2D eigenvalue weighted by Gasteiger charge is 2.01. The van der Waals surface area contributed by atoms with Crippen molar-refractivity contribution in [3.63, 3.8) is 0 Å². The van der Waals surface area contributed by atoms with Crippen molar-refractivity contribution in [2.75, 3.05) is 5.32 Å². The van der Waals surface area contributed by atoms with Crippen LogP contribution in [0.5, 0.6) is 5.75 Å². The van der Waals surface area contributed by atoms with Crippen LogP contribution >= 0.6 is 0 Å². The Hall–Kier alpha value is -3.33. The molecular formula is C23H20N2O. The summed E-state index contributed by atoms with van der Waals surface area (Å²) in [6, 6.07) is 30.6. The van der Waals surface area contributed by atoms with Crippen molar-refractivity contribution in [1.82, 2.24) is 4.98 Å². The highest BCUT2D eigenvalue weighted by Crippen LogP contribution is 2.18. The van der Waals surface area contributed by atoms with Crippen LogP contribution in [0.15, 0.2) is 91.0 Å². The van der Waals surface area contributed by atoms with Crippen LogP contribution in [0.3, 0.4) is 0 Å². The molecule has 1 aromatic heterocycles. The number of anilines is 1. The van der Waals surface area contributed by atoms with Crippen LogP contribution in [0.4, 0.5) is 5.69 Å². The molecule has 0 fully saturated rings. The Morgan fingerprint density at radius 2 is 1.50 bits per heavy atom. The van der Waals surface area contributed by atoms with Crippen LogP contribution in [0.25, 0.3) is 10.9 Å². The lowest BCUT2D eigenvalue weighted by Gasteiger charge is -2.09. The van der Waals surface area contributed by atoms with Gasteiger partial charge in [0.2, 0.25) is 0 Å². The molecule has 4 aromatic rings. The lowest BCUT2D eigenvalue weighted by Crippen LogP contribution is -2.00. The minimum Gasteiger partial charge on any atom is -0.487 e. The second-order valence-corrected chi connectivity index (χ2v) is 6.15. The van der Waals surface area contributed by atoms with Crippen molar-refractivity contribution in [2.24, 2.45) is 0 Å². The van der Waals surface area contributed by atoms with Crippen molar-refractivity contribution in [1.29, 1.82) is 0 Å². The molecule has 26 heavy (non-hydrogen) atoms. The Morgan fingerprint density at radius 1 is 0.731 bits per heavy atom. The van der Waals surface area contributed by atoms with Crippen molar-refractivity contribution in [3.8, 4) is 5.75 Å². The Balaban J connectivity index is 1.34. The van der Waals surface area contributed by atoms with Gasteiger partial charge in [-0.05, 0) is 42.0 Å². The van der Waals surface area contributed by atoms with E-state index in [1.807, 2.05) is 54.6 Å². The van der Waals surface area contributed by atoms with Crippen LogP contribution in [0, 0.1) is 0 Å². The fourth-order valence-corrected chi connectivity index (χ4v) is 2.81. The Labute approximate surface area is 153 Å². The van der Waals surface area contributed by atoms with E-state index in [1.54, 1.807) is 0 Å². The first-order valence-electron chi connectivity index (χ1n) is 8.72. The number of pyridine rings is 1. The molecule has 0 atom stereocenters. The Bertz CT molecular complexity index is 982. The second-order valence-electron chi connectivity index (χ2n) is 6.15. The van der Waals surface area contributed by atoms with Gasteiger partial charge in [0.1, 0.15) is 12.4 Å². The third kappa shape index (κ3) is 4.01. The highest BCUT2D eigenvalue weighted by molar-refractivity contribution is 5.78. The molecule has 0 saturated carbocycles. The number of para-hydroxylation sites is 1. The predicted molar refractivity (Wildman–Crippen MR) is 106 cm³/mol. The molecule has 3 nitrogen and oxygen atoms in total. The number of hydrogen-bond acceptors (Lipinski definition) is 3. The van der Waals surface area contributed by atoms with Crippen LogP contribution in [-0.2, 0) is 13.2 Å². The van der Waals surface area contributed by atoms with E-state index in [0.717, 1.165) is 34.6 Å². The van der Waals surface area contributed by atoms with Crippen LogP contribution in [0.2, 0.25) is 0 Å². The first kappa shape index (κ1) is 16.2. The number of fused-ring (bicyclic) bond motifs is 1. The maximum Gasteiger partial charge on any atom is 0.130 e. The molecule has 0 saturated heterocycles. The summed E-state index contributed by atoms with van der Waals surface area (Å²) in [5, 5.41) is 4.56. The molecule has 0 radical (unpaired) electrons. The van der Waals surface area contributed by atoms with E-state index < -0.39 is 0 Å². The van der Waals surface area contributed by atoms with Gasteiger partial charge in [0.15, 0.2) is 0 Å². The van der Waals surface area contributed by atoms with Crippen molar-refractivity contribution in [3.05, 3.63) is 102 Å².